The minimum absolute atomic E-state index is 0.0392. The molecule has 118 valence electrons. The highest BCUT2D eigenvalue weighted by Crippen LogP contribution is 2.53. The first-order valence-electron chi connectivity index (χ1n) is 7.15. The molecule has 1 saturated heterocycles. The molecule has 0 bridgehead atoms. The van der Waals surface area contributed by atoms with Gasteiger partial charge in [0.15, 0.2) is 5.60 Å². The summed E-state index contributed by atoms with van der Waals surface area (Å²) in [6.45, 7) is 3.92. The zero-order valence-corrected chi connectivity index (χ0v) is 12.7. The predicted octanol–water partition coefficient (Wildman–Crippen LogP) is 2.82. The average molecular weight is 306 g/mol. The van der Waals surface area contributed by atoms with Gasteiger partial charge in [0.25, 0.3) is 5.79 Å². The molecule has 2 aromatic rings. The van der Waals surface area contributed by atoms with Crippen molar-refractivity contribution in [2.75, 3.05) is 7.11 Å². The minimum Gasteiger partial charge on any atom is -0.508 e. The van der Waals surface area contributed by atoms with Gasteiger partial charge >= 0.3 is 5.63 Å². The van der Waals surface area contributed by atoms with Crippen LogP contribution in [0.2, 0.25) is 0 Å². The second-order valence-corrected chi connectivity index (χ2v) is 5.63. The summed E-state index contributed by atoms with van der Waals surface area (Å²) >= 11 is 0. The lowest BCUT2D eigenvalue weighted by molar-refractivity contribution is -0.615. The van der Waals surface area contributed by atoms with Crippen LogP contribution in [0.1, 0.15) is 32.3 Å². The van der Waals surface area contributed by atoms with Crippen LogP contribution in [0.4, 0.5) is 0 Å². The molecule has 1 N–H and O–H groups in total. The molecule has 1 fully saturated rings. The lowest BCUT2D eigenvalue weighted by Crippen LogP contribution is -2.63. The lowest BCUT2D eigenvalue weighted by Gasteiger charge is -2.53. The summed E-state index contributed by atoms with van der Waals surface area (Å²) in [5, 5.41) is 10.6. The second kappa shape index (κ2) is 5.08. The highest BCUT2D eigenvalue weighted by Gasteiger charge is 2.63. The molecule has 6 heteroatoms. The van der Waals surface area contributed by atoms with E-state index in [9.17, 15) is 9.90 Å². The Morgan fingerprint density at radius 2 is 2.05 bits per heavy atom. The number of methoxy groups -OCH3 is 1. The molecule has 1 aliphatic heterocycles. The number of hydrogen-bond acceptors (Lipinski definition) is 6. The summed E-state index contributed by atoms with van der Waals surface area (Å²) in [6, 6.07) is 5.89. The summed E-state index contributed by atoms with van der Waals surface area (Å²) in [5.74, 6) is -1.21. The molecule has 0 saturated carbocycles. The van der Waals surface area contributed by atoms with Crippen LogP contribution < -0.4 is 5.63 Å². The van der Waals surface area contributed by atoms with E-state index in [4.69, 9.17) is 18.9 Å². The van der Waals surface area contributed by atoms with Crippen LogP contribution in [-0.4, -0.2) is 17.8 Å². The molecule has 2 atom stereocenters. The first kappa shape index (κ1) is 15.0. The fourth-order valence-corrected chi connectivity index (χ4v) is 3.07. The molecule has 0 aliphatic carbocycles. The third-order valence-corrected chi connectivity index (χ3v) is 4.13. The molecule has 0 amide bonds. The van der Waals surface area contributed by atoms with Crippen molar-refractivity contribution < 1.29 is 24.0 Å². The molecule has 1 aromatic heterocycles. The summed E-state index contributed by atoms with van der Waals surface area (Å²) in [6.07, 6.45) is 1.57. The molecular weight excluding hydrogens is 288 g/mol. The maximum Gasteiger partial charge on any atom is 0.336 e. The third kappa shape index (κ3) is 1.95. The molecule has 2 unspecified atom stereocenters. The summed E-state index contributed by atoms with van der Waals surface area (Å²) in [4.78, 5) is 22.1. The van der Waals surface area contributed by atoms with E-state index >= 15 is 0 Å². The summed E-state index contributed by atoms with van der Waals surface area (Å²) in [5.41, 5.74) is -0.352. The zero-order chi connectivity index (χ0) is 16.0. The number of phenols is 1. The Labute approximate surface area is 127 Å². The molecule has 2 heterocycles. The first-order valence-corrected chi connectivity index (χ1v) is 7.15. The van der Waals surface area contributed by atoms with E-state index in [0.717, 1.165) is 6.42 Å². The van der Waals surface area contributed by atoms with Crippen LogP contribution in [0.15, 0.2) is 33.5 Å². The Morgan fingerprint density at radius 1 is 1.27 bits per heavy atom. The van der Waals surface area contributed by atoms with E-state index in [1.165, 1.54) is 19.2 Å². The van der Waals surface area contributed by atoms with Gasteiger partial charge in [-0.2, -0.15) is 4.89 Å². The molecule has 0 spiro atoms. The number of rotatable bonds is 4. The topological polar surface area (TPSA) is 78.1 Å². The molecule has 22 heavy (non-hydrogen) atoms. The van der Waals surface area contributed by atoms with Gasteiger partial charge in [-0.3, -0.25) is 0 Å². The van der Waals surface area contributed by atoms with Gasteiger partial charge in [0, 0.05) is 30.2 Å². The second-order valence-electron chi connectivity index (χ2n) is 5.63. The number of benzene rings is 1. The number of aromatic hydroxyl groups is 1. The fraction of sp³-hybridized carbons (Fsp3) is 0.438. The molecule has 0 radical (unpaired) electrons. The quantitative estimate of drug-likeness (QED) is 0.691. The van der Waals surface area contributed by atoms with Crippen molar-refractivity contribution in [1.29, 1.82) is 0 Å². The van der Waals surface area contributed by atoms with Crippen molar-refractivity contribution in [2.45, 2.75) is 38.1 Å². The maximum atomic E-state index is 11.4. The summed E-state index contributed by atoms with van der Waals surface area (Å²) in [7, 11) is 1.52. The monoisotopic (exact) mass is 306 g/mol. The smallest absolute Gasteiger partial charge is 0.336 e. The lowest BCUT2D eigenvalue weighted by atomic mass is 9.82. The van der Waals surface area contributed by atoms with Gasteiger partial charge in [-0.25, -0.2) is 9.68 Å². The molecule has 1 aromatic carbocycles. The van der Waals surface area contributed by atoms with Crippen LogP contribution >= 0.6 is 0 Å². The number of ether oxygens (including phenoxy) is 1. The van der Waals surface area contributed by atoms with Crippen LogP contribution in [0.5, 0.6) is 5.75 Å². The Morgan fingerprint density at radius 3 is 2.64 bits per heavy atom. The number of hydrogen-bond donors (Lipinski definition) is 1. The van der Waals surface area contributed by atoms with E-state index in [1.54, 1.807) is 12.1 Å². The van der Waals surface area contributed by atoms with Gasteiger partial charge in [-0.05, 0) is 25.5 Å². The van der Waals surface area contributed by atoms with Gasteiger partial charge in [-0.15, -0.1) is 0 Å². The van der Waals surface area contributed by atoms with Gasteiger partial charge in [-0.1, -0.05) is 13.3 Å². The molecule has 6 nitrogen and oxygen atoms in total. The highest BCUT2D eigenvalue weighted by molar-refractivity contribution is 5.83. The van der Waals surface area contributed by atoms with Gasteiger partial charge in [0.2, 0.25) is 0 Å². The third-order valence-electron chi connectivity index (χ3n) is 4.13. The number of fused-ring (bicyclic) bond motifs is 1. The Hall–Kier alpha value is -1.89. The van der Waals surface area contributed by atoms with E-state index in [1.807, 2.05) is 13.8 Å². The number of phenolic OH excluding ortho intramolecular Hbond substituents is 1. The molecular formula is C16H18O6. The average Bonchev–Trinajstić information content (AvgIpc) is 2.46. The Bertz CT molecular complexity index is 763. The summed E-state index contributed by atoms with van der Waals surface area (Å²) < 4.78 is 10.8. The van der Waals surface area contributed by atoms with Crippen molar-refractivity contribution in [2.24, 2.45) is 0 Å². The van der Waals surface area contributed by atoms with Gasteiger partial charge < -0.3 is 14.3 Å². The standard InChI is InChI=1S/C16H18O6/c1-4-7-15(2)16(19-3,22-21-15)12-8-10(17)9-13-11(12)5-6-14(18)20-13/h5-6,8-9,17H,4,7H2,1-3H3. The highest BCUT2D eigenvalue weighted by atomic mass is 17.3. The van der Waals surface area contributed by atoms with E-state index in [2.05, 4.69) is 0 Å². The normalized spacial score (nSPS) is 27.8. The Balaban J connectivity index is 2.26. The van der Waals surface area contributed by atoms with Crippen molar-refractivity contribution in [3.8, 4) is 5.75 Å². The Kier molecular flexibility index (Phi) is 3.47. The van der Waals surface area contributed by atoms with Crippen molar-refractivity contribution in [3.05, 3.63) is 40.2 Å². The van der Waals surface area contributed by atoms with Gasteiger partial charge in [0.1, 0.15) is 11.3 Å². The van der Waals surface area contributed by atoms with Crippen LogP contribution in [-0.2, 0) is 20.3 Å². The van der Waals surface area contributed by atoms with E-state index in [0.29, 0.717) is 17.4 Å². The largest absolute Gasteiger partial charge is 0.508 e. The van der Waals surface area contributed by atoms with Gasteiger partial charge in [0.05, 0.1) is 0 Å². The van der Waals surface area contributed by atoms with E-state index in [-0.39, 0.29) is 11.3 Å². The molecule has 1 aliphatic rings. The fourth-order valence-electron chi connectivity index (χ4n) is 3.07. The van der Waals surface area contributed by atoms with Crippen LogP contribution in [0, 0.1) is 0 Å². The molecule has 3 rings (SSSR count). The maximum absolute atomic E-state index is 11.4. The minimum atomic E-state index is -1.17. The SMILES string of the molecule is CCCC1(C)OOC1(OC)c1cc(O)cc2oc(=O)ccc12. The zero-order valence-electron chi connectivity index (χ0n) is 12.7. The van der Waals surface area contributed by atoms with Crippen LogP contribution in [0.3, 0.4) is 0 Å². The predicted molar refractivity (Wildman–Crippen MR) is 78.3 cm³/mol. The van der Waals surface area contributed by atoms with Crippen molar-refractivity contribution in [1.82, 2.24) is 0 Å². The van der Waals surface area contributed by atoms with Crippen molar-refractivity contribution in [3.63, 3.8) is 0 Å². The van der Waals surface area contributed by atoms with Crippen molar-refractivity contribution >= 4 is 11.0 Å². The van der Waals surface area contributed by atoms with Crippen LogP contribution in [0.25, 0.3) is 11.0 Å². The first-order chi connectivity index (χ1) is 10.5. The van der Waals surface area contributed by atoms with E-state index < -0.39 is 17.0 Å².